The molecule has 8 heteroatoms. The van der Waals surface area contributed by atoms with Crippen LogP contribution in [0.25, 0.3) is 0 Å². The van der Waals surface area contributed by atoms with Crippen LogP contribution in [-0.4, -0.2) is 36.3 Å². The van der Waals surface area contributed by atoms with Crippen LogP contribution in [0.3, 0.4) is 0 Å². The molecule has 0 aromatic carbocycles. The van der Waals surface area contributed by atoms with E-state index in [1.807, 2.05) is 11.8 Å². The second-order valence-corrected chi connectivity index (χ2v) is 11.7. The SMILES string of the molecule is CC1(C)CCN(S(=O)(=O)c2cc(CCl)sc2Br)CCS1. The second kappa shape index (κ2) is 6.46. The molecule has 1 saturated heterocycles. The third-order valence-corrected chi connectivity index (χ3v) is 9.22. The Bertz CT molecular complexity index is 586. The summed E-state index contributed by atoms with van der Waals surface area (Å²) in [6.45, 7) is 5.47. The van der Waals surface area contributed by atoms with Crippen LogP contribution in [0.2, 0.25) is 0 Å². The Hall–Kier alpha value is 0.730. The molecule has 1 aliphatic rings. The quantitative estimate of drug-likeness (QED) is 0.692. The number of nitrogens with zero attached hydrogens (tertiary/aromatic N) is 1. The maximum Gasteiger partial charge on any atom is 0.245 e. The molecular formula is C12H17BrClNO2S3. The molecule has 0 amide bonds. The van der Waals surface area contributed by atoms with Gasteiger partial charge >= 0.3 is 0 Å². The average Bonchev–Trinajstić information content (AvgIpc) is 2.64. The number of rotatable bonds is 3. The fourth-order valence-corrected chi connectivity index (χ4v) is 7.40. The fraction of sp³-hybridized carbons (Fsp3) is 0.667. The molecule has 1 aromatic rings. The molecule has 0 N–H and O–H groups in total. The lowest BCUT2D eigenvalue weighted by Gasteiger charge is -2.22. The summed E-state index contributed by atoms with van der Waals surface area (Å²) in [6.07, 6.45) is 0.862. The monoisotopic (exact) mass is 417 g/mol. The molecule has 0 unspecified atom stereocenters. The Kier molecular flexibility index (Phi) is 5.52. The van der Waals surface area contributed by atoms with Gasteiger partial charge in [-0.3, -0.25) is 0 Å². The first kappa shape index (κ1) is 17.1. The Balaban J connectivity index is 2.28. The largest absolute Gasteiger partial charge is 0.245 e. The van der Waals surface area contributed by atoms with E-state index in [2.05, 4.69) is 29.8 Å². The first-order chi connectivity index (χ1) is 9.26. The van der Waals surface area contributed by atoms with Gasteiger partial charge in [0, 0.05) is 28.5 Å². The second-order valence-electron chi connectivity index (χ2n) is 5.25. The highest BCUT2D eigenvalue weighted by Crippen LogP contribution is 2.37. The Labute approximate surface area is 142 Å². The molecule has 2 heterocycles. The summed E-state index contributed by atoms with van der Waals surface area (Å²) in [5.74, 6) is 1.16. The van der Waals surface area contributed by atoms with Crippen molar-refractivity contribution in [3.63, 3.8) is 0 Å². The summed E-state index contributed by atoms with van der Waals surface area (Å²) in [7, 11) is -3.43. The van der Waals surface area contributed by atoms with Gasteiger partial charge in [0.05, 0.1) is 9.67 Å². The Morgan fingerprint density at radius 1 is 1.45 bits per heavy atom. The van der Waals surface area contributed by atoms with Gasteiger partial charge in [-0.1, -0.05) is 13.8 Å². The smallest absolute Gasteiger partial charge is 0.207 e. The maximum atomic E-state index is 12.8. The lowest BCUT2D eigenvalue weighted by atomic mass is 10.1. The zero-order valence-corrected chi connectivity index (χ0v) is 16.1. The van der Waals surface area contributed by atoms with Crippen molar-refractivity contribution in [3.8, 4) is 0 Å². The van der Waals surface area contributed by atoms with Crippen LogP contribution in [0.4, 0.5) is 0 Å². The number of halogens is 2. The van der Waals surface area contributed by atoms with Crippen LogP contribution in [0.5, 0.6) is 0 Å². The van der Waals surface area contributed by atoms with E-state index >= 15 is 0 Å². The molecule has 1 aromatic heterocycles. The van der Waals surface area contributed by atoms with Crippen molar-refractivity contribution in [2.45, 2.75) is 35.8 Å². The minimum absolute atomic E-state index is 0.136. The predicted molar refractivity (Wildman–Crippen MR) is 91.5 cm³/mol. The minimum Gasteiger partial charge on any atom is -0.207 e. The van der Waals surface area contributed by atoms with Gasteiger partial charge in [0.25, 0.3) is 0 Å². The van der Waals surface area contributed by atoms with Gasteiger partial charge in [-0.2, -0.15) is 16.1 Å². The zero-order valence-electron chi connectivity index (χ0n) is 11.4. The molecule has 0 spiro atoms. The molecule has 20 heavy (non-hydrogen) atoms. The van der Waals surface area contributed by atoms with Crippen molar-refractivity contribution in [1.29, 1.82) is 0 Å². The molecule has 0 atom stereocenters. The van der Waals surface area contributed by atoms with E-state index in [9.17, 15) is 8.42 Å². The molecule has 0 aliphatic carbocycles. The number of alkyl halides is 1. The maximum absolute atomic E-state index is 12.8. The molecule has 0 bridgehead atoms. The fourth-order valence-electron chi connectivity index (χ4n) is 2.02. The van der Waals surface area contributed by atoms with Crippen LogP contribution >= 0.6 is 50.6 Å². The molecule has 2 rings (SSSR count). The van der Waals surface area contributed by atoms with Gasteiger partial charge in [-0.15, -0.1) is 22.9 Å². The molecule has 3 nitrogen and oxygen atoms in total. The Morgan fingerprint density at radius 2 is 2.15 bits per heavy atom. The first-order valence-corrected chi connectivity index (χ1v) is 10.8. The van der Waals surface area contributed by atoms with Crippen LogP contribution < -0.4 is 0 Å². The van der Waals surface area contributed by atoms with Crippen LogP contribution in [0, 0.1) is 0 Å². The summed E-state index contributed by atoms with van der Waals surface area (Å²) >= 11 is 12.4. The third-order valence-electron chi connectivity index (χ3n) is 3.25. The molecular weight excluding hydrogens is 402 g/mol. The van der Waals surface area contributed by atoms with E-state index < -0.39 is 10.0 Å². The van der Waals surface area contributed by atoms with Crippen molar-refractivity contribution >= 4 is 60.7 Å². The summed E-state index contributed by atoms with van der Waals surface area (Å²) in [5.41, 5.74) is 0. The summed E-state index contributed by atoms with van der Waals surface area (Å²) in [5, 5.41) is 0. The Morgan fingerprint density at radius 3 is 2.75 bits per heavy atom. The highest BCUT2D eigenvalue weighted by atomic mass is 79.9. The molecule has 0 radical (unpaired) electrons. The van der Waals surface area contributed by atoms with Crippen molar-refractivity contribution in [1.82, 2.24) is 4.31 Å². The number of sulfonamides is 1. The topological polar surface area (TPSA) is 37.4 Å². The van der Waals surface area contributed by atoms with Gasteiger partial charge in [0.2, 0.25) is 10.0 Å². The van der Waals surface area contributed by atoms with E-state index in [1.165, 1.54) is 11.3 Å². The van der Waals surface area contributed by atoms with E-state index in [0.717, 1.165) is 17.1 Å². The van der Waals surface area contributed by atoms with E-state index in [0.29, 0.717) is 27.7 Å². The van der Waals surface area contributed by atoms with Crippen LogP contribution in [0.15, 0.2) is 14.7 Å². The molecule has 0 saturated carbocycles. The van der Waals surface area contributed by atoms with E-state index in [4.69, 9.17) is 11.6 Å². The number of thiophene rings is 1. The van der Waals surface area contributed by atoms with Crippen molar-refractivity contribution in [3.05, 3.63) is 14.7 Å². The van der Waals surface area contributed by atoms with Gasteiger partial charge in [0.1, 0.15) is 4.90 Å². The summed E-state index contributed by atoms with van der Waals surface area (Å²) < 4.78 is 27.9. The highest BCUT2D eigenvalue weighted by Gasteiger charge is 2.32. The van der Waals surface area contributed by atoms with E-state index in [-0.39, 0.29) is 4.75 Å². The van der Waals surface area contributed by atoms with Crippen molar-refractivity contribution < 1.29 is 8.42 Å². The zero-order chi connectivity index (χ0) is 15.0. The van der Waals surface area contributed by atoms with Crippen LogP contribution in [-0.2, 0) is 15.9 Å². The minimum atomic E-state index is -3.43. The number of hydrogen-bond donors (Lipinski definition) is 0. The normalized spacial score (nSPS) is 20.8. The average molecular weight is 419 g/mol. The highest BCUT2D eigenvalue weighted by molar-refractivity contribution is 9.11. The predicted octanol–water partition coefficient (Wildman–Crippen LogP) is 4.16. The summed E-state index contributed by atoms with van der Waals surface area (Å²) in [6, 6.07) is 1.68. The first-order valence-electron chi connectivity index (χ1n) is 6.24. The third kappa shape index (κ3) is 3.73. The van der Waals surface area contributed by atoms with Gasteiger partial charge in [-0.05, 0) is 28.4 Å². The van der Waals surface area contributed by atoms with Gasteiger partial charge in [-0.25, -0.2) is 8.42 Å². The standard InChI is InChI=1S/C12H17BrClNO2S3/c1-12(2)3-4-15(5-6-18-12)20(16,17)10-7-9(8-14)19-11(10)13/h7H,3-6,8H2,1-2H3. The summed E-state index contributed by atoms with van der Waals surface area (Å²) in [4.78, 5) is 1.21. The lowest BCUT2D eigenvalue weighted by Crippen LogP contribution is -2.33. The van der Waals surface area contributed by atoms with Crippen molar-refractivity contribution in [2.24, 2.45) is 0 Å². The molecule has 1 aliphatic heterocycles. The number of hydrogen-bond acceptors (Lipinski definition) is 4. The van der Waals surface area contributed by atoms with Crippen molar-refractivity contribution in [2.75, 3.05) is 18.8 Å². The number of thioether (sulfide) groups is 1. The van der Waals surface area contributed by atoms with Gasteiger partial charge in [0.15, 0.2) is 0 Å². The molecule has 1 fully saturated rings. The lowest BCUT2D eigenvalue weighted by molar-refractivity contribution is 0.415. The molecule has 114 valence electrons. The van der Waals surface area contributed by atoms with Crippen LogP contribution in [0.1, 0.15) is 25.1 Å². The van der Waals surface area contributed by atoms with E-state index in [1.54, 1.807) is 10.4 Å². The van der Waals surface area contributed by atoms with Gasteiger partial charge < -0.3 is 0 Å².